The molecule has 0 aliphatic carbocycles. The third-order valence-electron chi connectivity index (χ3n) is 8.48. The van der Waals surface area contributed by atoms with Gasteiger partial charge >= 0.3 is 0 Å². The molecule has 0 radical (unpaired) electrons. The van der Waals surface area contributed by atoms with E-state index in [1.54, 1.807) is 55.6 Å². The lowest BCUT2D eigenvalue weighted by atomic mass is 9.93. The average molecular weight is 690 g/mol. The van der Waals surface area contributed by atoms with Crippen LogP contribution in [0.25, 0.3) is 0 Å². The molecule has 6 rings (SSSR count). The lowest BCUT2D eigenvalue weighted by Crippen LogP contribution is -2.38. The number of amides is 1. The number of rotatable bonds is 13. The molecule has 2 aliphatic rings. The van der Waals surface area contributed by atoms with Crippen molar-refractivity contribution in [2.45, 2.75) is 45.1 Å². The molecule has 0 bridgehead atoms. The van der Waals surface area contributed by atoms with E-state index in [0.717, 1.165) is 16.7 Å². The highest BCUT2D eigenvalue weighted by molar-refractivity contribution is 6.31. The van der Waals surface area contributed by atoms with Crippen molar-refractivity contribution < 1.29 is 44.3 Å². The molecule has 0 saturated carbocycles. The summed E-state index contributed by atoms with van der Waals surface area (Å²) in [5, 5.41) is 50.3. The summed E-state index contributed by atoms with van der Waals surface area (Å²) in [4.78, 5) is 18.4. The zero-order valence-corrected chi connectivity index (χ0v) is 27.4. The van der Waals surface area contributed by atoms with E-state index in [1.165, 1.54) is 0 Å². The SMILES string of the molecule is COc1ccc(C2=NOC(c3cc(CO)c(CO)c(CO)c3)C2)cc1OCCOc1ccc(C2NC(=O)c3cc(Cl)ccc3N2)cc1CO. The van der Waals surface area contributed by atoms with Crippen molar-refractivity contribution >= 4 is 28.9 Å². The largest absolute Gasteiger partial charge is 0.493 e. The second-order valence-electron chi connectivity index (χ2n) is 11.5. The van der Waals surface area contributed by atoms with Crippen molar-refractivity contribution in [3.8, 4) is 17.2 Å². The number of fused-ring (bicyclic) bond motifs is 1. The van der Waals surface area contributed by atoms with Gasteiger partial charge in [-0.15, -0.1) is 0 Å². The van der Waals surface area contributed by atoms with Crippen LogP contribution >= 0.6 is 11.6 Å². The summed E-state index contributed by atoms with van der Waals surface area (Å²) >= 11 is 6.04. The maximum absolute atomic E-state index is 12.7. The molecule has 13 heteroatoms. The van der Waals surface area contributed by atoms with Gasteiger partial charge in [-0.05, 0) is 88.5 Å². The number of carbonyl (C=O) groups excluding carboxylic acids is 1. The van der Waals surface area contributed by atoms with E-state index in [1.807, 2.05) is 18.2 Å². The van der Waals surface area contributed by atoms with Crippen LogP contribution in [0.4, 0.5) is 5.69 Å². The van der Waals surface area contributed by atoms with Crippen LogP contribution in [0, 0.1) is 0 Å². The van der Waals surface area contributed by atoms with Gasteiger partial charge < -0.3 is 50.1 Å². The third-order valence-corrected chi connectivity index (χ3v) is 8.72. The van der Waals surface area contributed by atoms with E-state index >= 15 is 0 Å². The molecule has 2 unspecified atom stereocenters. The smallest absolute Gasteiger partial charge is 0.255 e. The third kappa shape index (κ3) is 7.28. The Balaban J connectivity index is 1.08. The lowest BCUT2D eigenvalue weighted by molar-refractivity contribution is 0.0853. The maximum Gasteiger partial charge on any atom is 0.255 e. The van der Waals surface area contributed by atoms with Gasteiger partial charge in [-0.1, -0.05) is 22.8 Å². The molecule has 256 valence electrons. The monoisotopic (exact) mass is 689 g/mol. The van der Waals surface area contributed by atoms with Gasteiger partial charge in [0.1, 0.15) is 25.1 Å². The summed E-state index contributed by atoms with van der Waals surface area (Å²) in [5.74, 6) is 1.23. The Morgan fingerprint density at radius 3 is 2.18 bits per heavy atom. The van der Waals surface area contributed by atoms with Gasteiger partial charge in [0, 0.05) is 28.3 Å². The highest BCUT2D eigenvalue weighted by Crippen LogP contribution is 2.36. The number of methoxy groups -OCH3 is 1. The average Bonchev–Trinajstić information content (AvgIpc) is 3.63. The fourth-order valence-corrected chi connectivity index (χ4v) is 6.11. The van der Waals surface area contributed by atoms with Crippen molar-refractivity contribution in [3.63, 3.8) is 0 Å². The second kappa shape index (κ2) is 15.1. The van der Waals surface area contributed by atoms with Gasteiger partial charge in [0.2, 0.25) is 0 Å². The zero-order chi connectivity index (χ0) is 34.5. The van der Waals surface area contributed by atoms with Crippen LogP contribution in [0.3, 0.4) is 0 Å². The van der Waals surface area contributed by atoms with E-state index in [-0.39, 0.29) is 45.5 Å². The number of aliphatic hydroxyl groups excluding tert-OH is 4. The van der Waals surface area contributed by atoms with Crippen LogP contribution in [0.2, 0.25) is 5.02 Å². The minimum atomic E-state index is -0.503. The number of anilines is 1. The number of aliphatic hydroxyl groups is 4. The number of ether oxygens (including phenoxy) is 3. The van der Waals surface area contributed by atoms with Crippen molar-refractivity contribution in [3.05, 3.63) is 116 Å². The summed E-state index contributed by atoms with van der Waals surface area (Å²) in [6.07, 6.45) is -0.508. The molecule has 4 aromatic rings. The van der Waals surface area contributed by atoms with Crippen LogP contribution in [0.1, 0.15) is 68.0 Å². The molecule has 2 aliphatic heterocycles. The van der Waals surface area contributed by atoms with Gasteiger partial charge in [-0.25, -0.2) is 0 Å². The molecule has 12 nitrogen and oxygen atoms in total. The molecule has 2 atom stereocenters. The van der Waals surface area contributed by atoms with E-state index in [4.69, 9.17) is 30.6 Å². The number of hydrogen-bond donors (Lipinski definition) is 6. The summed E-state index contributed by atoms with van der Waals surface area (Å²) < 4.78 is 17.5. The fourth-order valence-electron chi connectivity index (χ4n) is 5.94. The fraction of sp³-hybridized carbons (Fsp3) is 0.278. The topological polar surface area (TPSA) is 171 Å². The Hall–Kier alpha value is -4.85. The first-order valence-corrected chi connectivity index (χ1v) is 16.0. The highest BCUT2D eigenvalue weighted by Gasteiger charge is 2.27. The summed E-state index contributed by atoms with van der Waals surface area (Å²) in [6, 6.07) is 19.4. The van der Waals surface area contributed by atoms with E-state index < -0.39 is 12.3 Å². The Morgan fingerprint density at radius 2 is 1.49 bits per heavy atom. The Morgan fingerprint density at radius 1 is 0.796 bits per heavy atom. The van der Waals surface area contributed by atoms with E-state index in [2.05, 4.69) is 15.8 Å². The Labute approximate surface area is 287 Å². The van der Waals surface area contributed by atoms with Gasteiger partial charge in [0.05, 0.1) is 44.8 Å². The quantitative estimate of drug-likeness (QED) is 0.110. The predicted molar refractivity (Wildman–Crippen MR) is 181 cm³/mol. The molecule has 0 fully saturated rings. The normalized spacial score (nSPS) is 16.6. The Kier molecular flexibility index (Phi) is 10.5. The lowest BCUT2D eigenvalue weighted by Gasteiger charge is -2.28. The zero-order valence-electron chi connectivity index (χ0n) is 26.6. The van der Waals surface area contributed by atoms with Crippen molar-refractivity contribution in [1.82, 2.24) is 5.32 Å². The van der Waals surface area contributed by atoms with E-state index in [9.17, 15) is 25.2 Å². The van der Waals surface area contributed by atoms with Crippen molar-refractivity contribution in [2.75, 3.05) is 25.6 Å². The number of nitrogens with zero attached hydrogens (tertiary/aromatic N) is 1. The number of nitrogens with one attached hydrogen (secondary N) is 2. The molecule has 49 heavy (non-hydrogen) atoms. The molecular weight excluding hydrogens is 654 g/mol. The van der Waals surface area contributed by atoms with Crippen LogP contribution < -0.4 is 24.8 Å². The van der Waals surface area contributed by atoms with Crippen LogP contribution in [-0.4, -0.2) is 52.4 Å². The van der Waals surface area contributed by atoms with Crippen LogP contribution in [0.15, 0.2) is 71.9 Å². The van der Waals surface area contributed by atoms with Crippen molar-refractivity contribution in [1.29, 1.82) is 0 Å². The van der Waals surface area contributed by atoms with Crippen molar-refractivity contribution in [2.24, 2.45) is 5.16 Å². The second-order valence-corrected chi connectivity index (χ2v) is 11.9. The summed E-state index contributed by atoms with van der Waals surface area (Å²) in [7, 11) is 1.55. The molecule has 4 aromatic carbocycles. The van der Waals surface area contributed by atoms with Crippen LogP contribution in [-0.2, 0) is 31.3 Å². The first-order chi connectivity index (χ1) is 23.8. The molecule has 0 spiro atoms. The molecule has 2 heterocycles. The molecule has 0 saturated heterocycles. The molecular formula is C36H36ClN3O9. The highest BCUT2D eigenvalue weighted by atomic mass is 35.5. The molecule has 6 N–H and O–H groups in total. The maximum atomic E-state index is 12.7. The molecule has 0 aromatic heterocycles. The minimum Gasteiger partial charge on any atom is -0.493 e. The number of hydrogen-bond acceptors (Lipinski definition) is 11. The first-order valence-electron chi connectivity index (χ1n) is 15.6. The summed E-state index contributed by atoms with van der Waals surface area (Å²) in [6.45, 7) is -0.789. The van der Waals surface area contributed by atoms with Gasteiger partial charge in [-0.3, -0.25) is 4.79 Å². The standard InChI is InChI=1S/C36H36ClN3O9/c1-46-32-7-2-20(30-15-33(49-40-30)22-11-23(16-41)28(19-44)24(12-22)17-42)13-34(32)48-9-8-47-31-6-3-21(10-25(31)18-43)35-38-29-5-4-26(37)14-27(29)36(45)39-35/h2-7,10-14,33,35,38,41-44H,8-9,15-19H2,1H3,(H,39,45). The van der Waals surface area contributed by atoms with Gasteiger partial charge in [0.25, 0.3) is 5.91 Å². The molecule has 1 amide bonds. The predicted octanol–water partition coefficient (Wildman–Crippen LogP) is 4.50. The van der Waals surface area contributed by atoms with E-state index in [0.29, 0.717) is 67.9 Å². The van der Waals surface area contributed by atoms with Gasteiger partial charge in [0.15, 0.2) is 17.6 Å². The Bertz CT molecular complexity index is 1860. The minimum absolute atomic E-state index is 0.169. The number of oxime groups is 1. The summed E-state index contributed by atoms with van der Waals surface area (Å²) in [5.41, 5.74) is 6.15. The number of benzene rings is 4. The van der Waals surface area contributed by atoms with Crippen LogP contribution in [0.5, 0.6) is 17.2 Å². The first kappa shape index (κ1) is 34.0. The number of halogens is 1. The van der Waals surface area contributed by atoms with Gasteiger partial charge in [-0.2, -0.15) is 0 Å². The number of carbonyl (C=O) groups is 1.